The van der Waals surface area contributed by atoms with Crippen LogP contribution in [0.3, 0.4) is 0 Å². The number of aliphatic hydroxyl groups excluding tert-OH is 1. The molecule has 0 aliphatic carbocycles. The average Bonchev–Trinajstić information content (AvgIpc) is 3.83. The third kappa shape index (κ3) is 10.8. The molecule has 49 heavy (non-hydrogen) atoms. The number of benzene rings is 2. The summed E-state index contributed by atoms with van der Waals surface area (Å²) >= 11 is 20.2. The highest BCUT2D eigenvalue weighted by atomic mass is 79.9. The summed E-state index contributed by atoms with van der Waals surface area (Å²) in [5.74, 6) is 11.2. The Hall–Kier alpha value is 1.02. The zero-order valence-corrected chi connectivity index (χ0v) is 37.8. The fraction of sp³-hybridized carbons (Fsp3) is 0.676. The lowest BCUT2D eigenvalue weighted by Crippen LogP contribution is -2.25. The predicted octanol–water partition coefficient (Wildman–Crippen LogP) is 10.6. The largest absolute Gasteiger partial charge is 0.490 e. The van der Waals surface area contributed by atoms with E-state index < -0.39 is 6.10 Å². The van der Waals surface area contributed by atoms with Crippen LogP contribution in [0.1, 0.15) is 60.6 Å². The second kappa shape index (κ2) is 19.1. The smallest absolute Gasteiger partial charge is 0.133 e. The van der Waals surface area contributed by atoms with Crippen molar-refractivity contribution in [3.63, 3.8) is 0 Å². The Morgan fingerprint density at radius 2 is 1.59 bits per heavy atom. The van der Waals surface area contributed by atoms with E-state index >= 15 is 0 Å². The highest BCUT2D eigenvalue weighted by Gasteiger charge is 2.43. The first-order valence-corrected chi connectivity index (χ1v) is 25.3. The predicted molar refractivity (Wildman–Crippen MR) is 231 cm³/mol. The van der Waals surface area contributed by atoms with Crippen LogP contribution in [0.25, 0.3) is 0 Å². The molecule has 1 N–H and O–H groups in total. The molecular formula is C37H52Br2O4S6. The van der Waals surface area contributed by atoms with Crippen molar-refractivity contribution in [1.82, 2.24) is 0 Å². The van der Waals surface area contributed by atoms with Gasteiger partial charge in [-0.3, -0.25) is 0 Å². The lowest BCUT2D eigenvalue weighted by Gasteiger charge is -2.32. The number of ether oxygens (including phenoxy) is 3. The Morgan fingerprint density at radius 3 is 2.20 bits per heavy atom. The standard InChI is InChI=1S/C37H52Br2O4S6/c1-21-14-26(15-22(2)34(21)41-16-27(40)18-44-9-8-28-19-45-10-12-47-28)37(6,7)31-32(38)23(3)35(24(4)33(31)39)42-17-29-36(43-29)49-25(5)30-20-46-11-13-48-30/h14-15,25,27-30,36,40H,8-13,16-20H2,1-7H3. The van der Waals surface area contributed by atoms with Crippen molar-refractivity contribution in [3.8, 4) is 11.5 Å². The minimum atomic E-state index is -0.480. The topological polar surface area (TPSA) is 51.2 Å². The van der Waals surface area contributed by atoms with E-state index in [1.165, 1.54) is 52.1 Å². The third-order valence-electron chi connectivity index (χ3n) is 9.43. The van der Waals surface area contributed by atoms with Gasteiger partial charge in [-0.15, -0.1) is 11.8 Å². The minimum Gasteiger partial charge on any atom is -0.490 e. The molecule has 0 aromatic heterocycles. The average molecular weight is 913 g/mol. The molecule has 0 saturated carbocycles. The summed E-state index contributed by atoms with van der Waals surface area (Å²) in [5.41, 5.74) is 6.72. The van der Waals surface area contributed by atoms with Crippen molar-refractivity contribution in [3.05, 3.63) is 54.5 Å². The zero-order valence-electron chi connectivity index (χ0n) is 29.8. The molecule has 3 saturated heterocycles. The number of epoxide rings is 1. The van der Waals surface area contributed by atoms with Crippen molar-refractivity contribution in [2.24, 2.45) is 0 Å². The Morgan fingerprint density at radius 1 is 0.939 bits per heavy atom. The highest BCUT2D eigenvalue weighted by Crippen LogP contribution is 2.49. The molecule has 2 aromatic carbocycles. The van der Waals surface area contributed by atoms with Crippen LogP contribution in [-0.4, -0.2) is 97.7 Å². The Kier molecular flexibility index (Phi) is 16.0. The molecule has 6 unspecified atom stereocenters. The van der Waals surface area contributed by atoms with Gasteiger partial charge in [0.15, 0.2) is 0 Å². The monoisotopic (exact) mass is 910 g/mol. The van der Waals surface area contributed by atoms with Crippen LogP contribution in [0.2, 0.25) is 0 Å². The second-order valence-electron chi connectivity index (χ2n) is 13.7. The molecule has 0 amide bonds. The van der Waals surface area contributed by atoms with Crippen LogP contribution < -0.4 is 9.47 Å². The number of hydrogen-bond donors (Lipinski definition) is 1. The molecule has 4 nitrogen and oxygen atoms in total. The molecule has 3 heterocycles. The minimum absolute atomic E-state index is 0.136. The maximum absolute atomic E-state index is 10.7. The summed E-state index contributed by atoms with van der Waals surface area (Å²) in [6, 6.07) is 4.48. The molecule has 3 fully saturated rings. The van der Waals surface area contributed by atoms with Gasteiger partial charge in [0.2, 0.25) is 0 Å². The van der Waals surface area contributed by atoms with Gasteiger partial charge in [-0.25, -0.2) is 0 Å². The van der Waals surface area contributed by atoms with E-state index in [9.17, 15) is 5.11 Å². The van der Waals surface area contributed by atoms with Gasteiger partial charge in [0.1, 0.15) is 36.3 Å². The maximum atomic E-state index is 10.7. The Labute approximate surface area is 337 Å². The normalized spacial score (nSPS) is 24.0. The van der Waals surface area contributed by atoms with Crippen LogP contribution in [0.4, 0.5) is 0 Å². The third-order valence-corrected chi connectivity index (χ3v) is 20.1. The molecule has 3 aliphatic rings. The molecular weight excluding hydrogens is 861 g/mol. The van der Waals surface area contributed by atoms with E-state index in [2.05, 4.69) is 140 Å². The number of aliphatic hydroxyl groups is 1. The summed E-state index contributed by atoms with van der Waals surface area (Å²) in [5, 5.41) is 12.7. The highest BCUT2D eigenvalue weighted by molar-refractivity contribution is 9.11. The van der Waals surface area contributed by atoms with Crippen LogP contribution in [0, 0.1) is 27.7 Å². The molecule has 5 rings (SSSR count). The van der Waals surface area contributed by atoms with Gasteiger partial charge in [0.05, 0.1) is 6.10 Å². The Bertz CT molecular complexity index is 1360. The molecule has 2 aromatic rings. The summed E-state index contributed by atoms with van der Waals surface area (Å²) < 4.78 is 20.9. The molecule has 274 valence electrons. The number of hydrogen-bond acceptors (Lipinski definition) is 10. The van der Waals surface area contributed by atoms with Crippen molar-refractivity contribution >= 4 is 102 Å². The van der Waals surface area contributed by atoms with Crippen molar-refractivity contribution < 1.29 is 19.3 Å². The van der Waals surface area contributed by atoms with Crippen molar-refractivity contribution in [2.75, 3.05) is 59.2 Å². The zero-order chi connectivity index (χ0) is 35.3. The number of rotatable bonds is 16. The lowest BCUT2D eigenvalue weighted by atomic mass is 9.76. The van der Waals surface area contributed by atoms with Crippen LogP contribution in [0.5, 0.6) is 11.5 Å². The van der Waals surface area contributed by atoms with Gasteiger partial charge >= 0.3 is 0 Å². The molecule has 3 aliphatic heterocycles. The summed E-state index contributed by atoms with van der Waals surface area (Å²) in [6.07, 6.45) is 0.879. The number of aryl methyl sites for hydroxylation is 2. The van der Waals surface area contributed by atoms with Gasteiger partial charge in [0, 0.05) is 81.5 Å². The van der Waals surface area contributed by atoms with Crippen LogP contribution in [-0.2, 0) is 10.2 Å². The summed E-state index contributed by atoms with van der Waals surface area (Å²) in [4.78, 5) is 0. The number of thioether (sulfide) groups is 6. The summed E-state index contributed by atoms with van der Waals surface area (Å²) in [7, 11) is 0. The summed E-state index contributed by atoms with van der Waals surface area (Å²) in [6.45, 7) is 16.3. The first kappa shape index (κ1) is 41.2. The van der Waals surface area contributed by atoms with Crippen molar-refractivity contribution in [2.45, 2.75) is 93.7 Å². The van der Waals surface area contributed by atoms with Gasteiger partial charge in [0.25, 0.3) is 0 Å². The molecule has 12 heteroatoms. The van der Waals surface area contributed by atoms with Gasteiger partial charge in [-0.2, -0.15) is 58.8 Å². The van der Waals surface area contributed by atoms with E-state index in [4.69, 9.17) is 14.2 Å². The first-order chi connectivity index (χ1) is 23.4. The second-order valence-corrected chi connectivity index (χ2v) is 23.0. The van der Waals surface area contributed by atoms with Crippen LogP contribution >= 0.6 is 102 Å². The van der Waals surface area contributed by atoms with E-state index in [0.717, 1.165) is 53.7 Å². The van der Waals surface area contributed by atoms with Gasteiger partial charge in [-0.05, 0) is 62.1 Å². The van der Waals surface area contributed by atoms with E-state index in [-0.39, 0.29) is 17.0 Å². The quantitative estimate of drug-likeness (QED) is 0.130. The van der Waals surface area contributed by atoms with E-state index in [1.807, 2.05) is 23.5 Å². The first-order valence-electron chi connectivity index (χ1n) is 17.2. The van der Waals surface area contributed by atoms with Gasteiger partial charge in [-0.1, -0.05) is 64.8 Å². The molecule has 0 radical (unpaired) electrons. The van der Waals surface area contributed by atoms with E-state index in [1.54, 1.807) is 0 Å². The molecule has 0 bridgehead atoms. The molecule has 0 spiro atoms. The maximum Gasteiger partial charge on any atom is 0.133 e. The van der Waals surface area contributed by atoms with E-state index in [0.29, 0.717) is 29.5 Å². The SMILES string of the molecule is Cc1cc(C(C)(C)c2c(Br)c(C)c(OCC3OC3SC(C)C3CSCCS3)c(C)c2Br)cc(C)c1OCC(O)CSCCC1CSCCS1. The van der Waals surface area contributed by atoms with Crippen molar-refractivity contribution in [1.29, 1.82) is 0 Å². The fourth-order valence-electron chi connectivity index (χ4n) is 6.37. The number of halogens is 2. The van der Waals surface area contributed by atoms with Gasteiger partial charge < -0.3 is 19.3 Å². The fourth-order valence-corrected chi connectivity index (χ4v) is 16.8. The van der Waals surface area contributed by atoms with Crippen LogP contribution in [0.15, 0.2) is 21.1 Å². The Balaban J connectivity index is 1.18. The molecule has 6 atom stereocenters. The lowest BCUT2D eigenvalue weighted by molar-refractivity contribution is 0.125.